The maximum atomic E-state index is 12.6. The molecule has 8 nitrogen and oxygen atoms in total. The maximum Gasteiger partial charge on any atom is 0.338 e. The lowest BCUT2D eigenvalue weighted by molar-refractivity contribution is 0.0279. The summed E-state index contributed by atoms with van der Waals surface area (Å²) >= 11 is 0. The molecule has 1 aliphatic heterocycles. The summed E-state index contributed by atoms with van der Waals surface area (Å²) in [4.78, 5) is 38.4. The predicted octanol–water partition coefficient (Wildman–Crippen LogP) is 3.75. The molecule has 156 valence electrons. The number of nitrogens with zero attached hydrogens (tertiary/aromatic N) is 3. The van der Waals surface area contributed by atoms with Crippen molar-refractivity contribution in [1.29, 1.82) is 0 Å². The van der Waals surface area contributed by atoms with Crippen molar-refractivity contribution in [3.05, 3.63) is 83.3 Å². The molecule has 1 atom stereocenters. The third-order valence-corrected chi connectivity index (χ3v) is 4.89. The summed E-state index contributed by atoms with van der Waals surface area (Å²) < 4.78 is 11.1. The fourth-order valence-corrected chi connectivity index (χ4v) is 3.20. The first kappa shape index (κ1) is 20.2. The number of carbonyl (C=O) groups excluding carboxylic acids is 3. The Balaban J connectivity index is 1.49. The molecule has 0 fully saturated rings. The molecule has 3 aromatic rings. The third kappa shape index (κ3) is 3.75. The van der Waals surface area contributed by atoms with Gasteiger partial charge in [-0.25, -0.2) is 4.79 Å². The number of ether oxygens (including phenoxy) is 1. The molecule has 2 amide bonds. The smallest absolute Gasteiger partial charge is 0.338 e. The number of hydrogen-bond donors (Lipinski definition) is 0. The first-order valence-electron chi connectivity index (χ1n) is 9.61. The van der Waals surface area contributed by atoms with Gasteiger partial charge in [0.25, 0.3) is 17.7 Å². The molecule has 2 heterocycles. The highest BCUT2D eigenvalue weighted by atomic mass is 16.6. The van der Waals surface area contributed by atoms with Gasteiger partial charge in [0.2, 0.25) is 5.89 Å². The molecule has 2 aromatic carbocycles. The molecule has 0 bridgehead atoms. The summed E-state index contributed by atoms with van der Waals surface area (Å²) in [5.41, 5.74) is 2.41. The minimum Gasteiger partial charge on any atom is -0.449 e. The van der Waals surface area contributed by atoms with E-state index in [9.17, 15) is 14.4 Å². The van der Waals surface area contributed by atoms with E-state index in [0.717, 1.165) is 16.0 Å². The van der Waals surface area contributed by atoms with Crippen molar-refractivity contribution in [3.8, 4) is 11.5 Å². The first-order valence-corrected chi connectivity index (χ1v) is 9.61. The average molecular weight is 417 g/mol. The van der Waals surface area contributed by atoms with Crippen LogP contribution in [0, 0.1) is 6.92 Å². The fraction of sp³-hybridized carbons (Fsp3) is 0.174. The molecule has 8 heteroatoms. The van der Waals surface area contributed by atoms with Gasteiger partial charge >= 0.3 is 5.97 Å². The Morgan fingerprint density at radius 1 is 1.13 bits per heavy atom. The zero-order valence-corrected chi connectivity index (χ0v) is 17.0. The van der Waals surface area contributed by atoms with Crippen LogP contribution in [0.2, 0.25) is 0 Å². The number of carbonyl (C=O) groups is 3. The number of imide groups is 1. The van der Waals surface area contributed by atoms with Gasteiger partial charge in [0.15, 0.2) is 6.10 Å². The molecular formula is C23H19N3O5. The van der Waals surface area contributed by atoms with E-state index in [1.165, 1.54) is 24.3 Å². The molecule has 31 heavy (non-hydrogen) atoms. The topological polar surface area (TPSA) is 103 Å². The maximum absolute atomic E-state index is 12.6. The van der Waals surface area contributed by atoms with Crippen molar-refractivity contribution in [3.63, 3.8) is 0 Å². The molecule has 0 radical (unpaired) electrons. The lowest BCUT2D eigenvalue weighted by Crippen LogP contribution is -2.29. The van der Waals surface area contributed by atoms with E-state index in [-0.39, 0.29) is 29.1 Å². The van der Waals surface area contributed by atoms with Crippen LogP contribution in [0.25, 0.3) is 11.5 Å². The largest absolute Gasteiger partial charge is 0.449 e. The highest BCUT2D eigenvalue weighted by Gasteiger charge is 2.35. The Kier molecular flexibility index (Phi) is 5.21. The number of fused-ring (bicyclic) bond motifs is 1. The zero-order chi connectivity index (χ0) is 22.1. The SMILES string of the molecule is C=CCN1C(=O)c2ccc(C(=O)O[C@@H](C)c3nnc(-c4ccc(C)cc4)o3)cc2C1=O. The van der Waals surface area contributed by atoms with Gasteiger partial charge in [-0.2, -0.15) is 0 Å². The second kappa shape index (κ2) is 7.98. The number of benzene rings is 2. The van der Waals surface area contributed by atoms with Crippen molar-refractivity contribution in [1.82, 2.24) is 15.1 Å². The molecule has 0 saturated heterocycles. The number of amides is 2. The minimum atomic E-state index is -0.804. The van der Waals surface area contributed by atoms with Gasteiger partial charge in [-0.3, -0.25) is 14.5 Å². The summed E-state index contributed by atoms with van der Waals surface area (Å²) in [6.45, 7) is 7.23. The molecule has 0 spiro atoms. The molecule has 1 aliphatic rings. The predicted molar refractivity (Wildman–Crippen MR) is 110 cm³/mol. The summed E-state index contributed by atoms with van der Waals surface area (Å²) in [5.74, 6) is -1.09. The third-order valence-electron chi connectivity index (χ3n) is 4.89. The number of aryl methyl sites for hydroxylation is 1. The molecule has 1 aromatic heterocycles. The number of hydrogen-bond acceptors (Lipinski definition) is 7. The Morgan fingerprint density at radius 3 is 2.55 bits per heavy atom. The van der Waals surface area contributed by atoms with Crippen LogP contribution in [0.5, 0.6) is 0 Å². The van der Waals surface area contributed by atoms with Crippen molar-refractivity contribution in [2.75, 3.05) is 6.54 Å². The van der Waals surface area contributed by atoms with Crippen molar-refractivity contribution in [2.24, 2.45) is 0 Å². The Morgan fingerprint density at radius 2 is 1.84 bits per heavy atom. The molecular weight excluding hydrogens is 398 g/mol. The van der Waals surface area contributed by atoms with Crippen LogP contribution in [0.1, 0.15) is 55.6 Å². The van der Waals surface area contributed by atoms with Crippen molar-refractivity contribution < 1.29 is 23.5 Å². The summed E-state index contributed by atoms with van der Waals surface area (Å²) in [5, 5.41) is 7.97. The highest BCUT2D eigenvalue weighted by molar-refractivity contribution is 6.22. The van der Waals surface area contributed by atoms with Crippen LogP contribution < -0.4 is 0 Å². The normalized spacial score (nSPS) is 13.8. The van der Waals surface area contributed by atoms with Gasteiger partial charge in [0, 0.05) is 12.1 Å². The molecule has 0 unspecified atom stereocenters. The Bertz CT molecular complexity index is 1200. The van der Waals surface area contributed by atoms with Gasteiger partial charge < -0.3 is 9.15 Å². The molecule has 0 N–H and O–H groups in total. The van der Waals surface area contributed by atoms with Crippen LogP contribution in [0.4, 0.5) is 0 Å². The van der Waals surface area contributed by atoms with Gasteiger partial charge in [-0.1, -0.05) is 23.8 Å². The summed E-state index contributed by atoms with van der Waals surface area (Å²) in [6, 6.07) is 11.8. The van der Waals surface area contributed by atoms with Crippen LogP contribution in [0.3, 0.4) is 0 Å². The summed E-state index contributed by atoms with van der Waals surface area (Å²) in [7, 11) is 0. The van der Waals surface area contributed by atoms with E-state index in [4.69, 9.17) is 9.15 Å². The van der Waals surface area contributed by atoms with Crippen LogP contribution in [-0.4, -0.2) is 39.4 Å². The highest BCUT2D eigenvalue weighted by Crippen LogP contribution is 2.26. The number of rotatable bonds is 6. The van der Waals surface area contributed by atoms with E-state index >= 15 is 0 Å². The molecule has 4 rings (SSSR count). The van der Waals surface area contributed by atoms with Gasteiger partial charge in [0.05, 0.1) is 16.7 Å². The van der Waals surface area contributed by atoms with E-state index < -0.39 is 23.9 Å². The lowest BCUT2D eigenvalue weighted by atomic mass is 10.1. The Labute approximate surface area is 178 Å². The van der Waals surface area contributed by atoms with Gasteiger partial charge in [-0.05, 0) is 44.2 Å². The van der Waals surface area contributed by atoms with Gasteiger partial charge in [0.1, 0.15) is 0 Å². The lowest BCUT2D eigenvalue weighted by Gasteiger charge is -2.10. The van der Waals surface area contributed by atoms with E-state index in [0.29, 0.717) is 5.89 Å². The Hall–Kier alpha value is -4.07. The number of esters is 1. The quantitative estimate of drug-likeness (QED) is 0.342. The number of aromatic nitrogens is 2. The zero-order valence-electron chi connectivity index (χ0n) is 17.0. The van der Waals surface area contributed by atoms with Crippen molar-refractivity contribution in [2.45, 2.75) is 20.0 Å². The fourth-order valence-electron chi connectivity index (χ4n) is 3.20. The molecule has 0 saturated carbocycles. The standard InChI is InChI=1S/C23H19N3O5/c1-4-11-26-21(27)17-10-9-16(12-18(17)22(26)28)23(29)30-14(3)19-24-25-20(31-19)15-7-5-13(2)6-8-15/h4-10,12,14H,1,11H2,2-3H3/t14-/m0/s1. The van der Waals surface area contributed by atoms with Gasteiger partial charge in [-0.15, -0.1) is 16.8 Å². The minimum absolute atomic E-state index is 0.101. The van der Waals surface area contributed by atoms with Crippen molar-refractivity contribution >= 4 is 17.8 Å². The average Bonchev–Trinajstić information content (AvgIpc) is 3.34. The van der Waals surface area contributed by atoms with Crippen LogP contribution in [-0.2, 0) is 4.74 Å². The van der Waals surface area contributed by atoms with Crippen LogP contribution >= 0.6 is 0 Å². The monoisotopic (exact) mass is 417 g/mol. The summed E-state index contributed by atoms with van der Waals surface area (Å²) in [6.07, 6.45) is 0.662. The van der Waals surface area contributed by atoms with E-state index in [1.807, 2.05) is 31.2 Å². The second-order valence-corrected chi connectivity index (χ2v) is 7.13. The first-order chi connectivity index (χ1) is 14.9. The van der Waals surface area contributed by atoms with Crippen LogP contribution in [0.15, 0.2) is 59.5 Å². The molecule has 0 aliphatic carbocycles. The second-order valence-electron chi connectivity index (χ2n) is 7.13. The van der Waals surface area contributed by atoms with E-state index in [1.54, 1.807) is 6.92 Å². The van der Waals surface area contributed by atoms with E-state index in [2.05, 4.69) is 16.8 Å².